The van der Waals surface area contributed by atoms with E-state index in [2.05, 4.69) is 9.97 Å². The molecule has 0 aliphatic rings. The fraction of sp³-hybridized carbons (Fsp3) is 0.143. The second kappa shape index (κ2) is 5.34. The van der Waals surface area contributed by atoms with Crippen LogP contribution in [0, 0.1) is 5.82 Å². The van der Waals surface area contributed by atoms with Crippen LogP contribution in [0.3, 0.4) is 0 Å². The van der Waals surface area contributed by atoms with E-state index in [1.54, 1.807) is 30.1 Å². The Morgan fingerprint density at radius 3 is 2.85 bits per heavy atom. The summed E-state index contributed by atoms with van der Waals surface area (Å²) in [6.07, 6.45) is 0. The van der Waals surface area contributed by atoms with Crippen LogP contribution in [0.15, 0.2) is 35.7 Å². The minimum absolute atomic E-state index is 0.265. The zero-order chi connectivity index (χ0) is 14.1. The monoisotopic (exact) mass is 307 g/mol. The molecule has 2 heterocycles. The molecular weight excluding hydrogens is 297 g/mol. The number of fused-ring (bicyclic) bond motifs is 1. The quantitative estimate of drug-likeness (QED) is 0.682. The third-order valence-electron chi connectivity index (χ3n) is 2.97. The first kappa shape index (κ1) is 13.3. The maximum absolute atomic E-state index is 13.7. The summed E-state index contributed by atoms with van der Waals surface area (Å²) < 4.78 is 13.7. The Hall–Kier alpha value is -1.72. The van der Waals surface area contributed by atoms with Crippen molar-refractivity contribution < 1.29 is 4.39 Å². The highest BCUT2D eigenvalue weighted by Gasteiger charge is 2.11. The van der Waals surface area contributed by atoms with Gasteiger partial charge in [-0.05, 0) is 23.6 Å². The van der Waals surface area contributed by atoms with E-state index in [1.807, 2.05) is 11.4 Å². The molecule has 20 heavy (non-hydrogen) atoms. The zero-order valence-corrected chi connectivity index (χ0v) is 12.2. The Labute approximate surface area is 124 Å². The van der Waals surface area contributed by atoms with E-state index in [0.29, 0.717) is 23.2 Å². The van der Waals surface area contributed by atoms with Crippen molar-refractivity contribution in [3.63, 3.8) is 0 Å². The summed E-state index contributed by atoms with van der Waals surface area (Å²) in [6.45, 7) is 0.397. The largest absolute Gasteiger partial charge is 0.365 e. The number of thiophene rings is 1. The average molecular weight is 308 g/mol. The molecule has 1 aromatic carbocycles. The number of anilines is 1. The molecule has 3 nitrogen and oxygen atoms in total. The minimum atomic E-state index is -0.265. The maximum atomic E-state index is 13.7. The third kappa shape index (κ3) is 2.46. The van der Waals surface area contributed by atoms with Gasteiger partial charge in [0.1, 0.15) is 15.8 Å². The lowest BCUT2D eigenvalue weighted by atomic mass is 10.3. The normalized spacial score (nSPS) is 10.9. The van der Waals surface area contributed by atoms with Crippen LogP contribution in [0.4, 0.5) is 10.1 Å². The lowest BCUT2D eigenvalue weighted by molar-refractivity contribution is 0.621. The van der Waals surface area contributed by atoms with Gasteiger partial charge < -0.3 is 4.90 Å². The van der Waals surface area contributed by atoms with Gasteiger partial charge in [0, 0.05) is 12.4 Å². The van der Waals surface area contributed by atoms with Gasteiger partial charge in [-0.15, -0.1) is 11.3 Å². The molecule has 0 bridgehead atoms. The van der Waals surface area contributed by atoms with Crippen molar-refractivity contribution in [2.24, 2.45) is 0 Å². The molecule has 3 aromatic rings. The van der Waals surface area contributed by atoms with E-state index in [4.69, 9.17) is 11.6 Å². The van der Waals surface area contributed by atoms with Gasteiger partial charge in [-0.1, -0.05) is 23.7 Å². The van der Waals surface area contributed by atoms with Gasteiger partial charge in [0.15, 0.2) is 5.82 Å². The Kier molecular flexibility index (Phi) is 3.54. The van der Waals surface area contributed by atoms with E-state index >= 15 is 0 Å². The van der Waals surface area contributed by atoms with E-state index in [9.17, 15) is 4.39 Å². The fourth-order valence-electron chi connectivity index (χ4n) is 1.99. The van der Waals surface area contributed by atoms with Crippen LogP contribution in [0.25, 0.3) is 10.2 Å². The maximum Gasteiger partial charge on any atom is 0.151 e. The molecule has 3 rings (SSSR count). The Morgan fingerprint density at radius 2 is 2.05 bits per heavy atom. The van der Waals surface area contributed by atoms with E-state index < -0.39 is 0 Å². The first-order chi connectivity index (χ1) is 9.65. The average Bonchev–Trinajstić information content (AvgIpc) is 2.88. The molecule has 0 N–H and O–H groups in total. The molecule has 0 spiro atoms. The van der Waals surface area contributed by atoms with Gasteiger partial charge in [0.25, 0.3) is 0 Å². The van der Waals surface area contributed by atoms with Crippen LogP contribution >= 0.6 is 22.9 Å². The molecule has 0 fully saturated rings. The SMILES string of the molecule is CN(Cc1nc(Cl)c2ccsc2n1)c1ccccc1F. The predicted octanol–water partition coefficient (Wildman–Crippen LogP) is 4.12. The molecule has 6 heteroatoms. The van der Waals surface area contributed by atoms with Gasteiger partial charge in [-0.25, -0.2) is 14.4 Å². The summed E-state index contributed by atoms with van der Waals surface area (Å²) in [5, 5.41) is 3.22. The van der Waals surface area contributed by atoms with Crippen molar-refractivity contribution in [3.05, 3.63) is 52.5 Å². The van der Waals surface area contributed by atoms with Crippen molar-refractivity contribution in [1.29, 1.82) is 0 Å². The summed E-state index contributed by atoms with van der Waals surface area (Å²) in [7, 11) is 1.80. The first-order valence-corrected chi connectivity index (χ1v) is 7.26. The molecule has 2 aromatic heterocycles. The Bertz CT molecular complexity index is 759. The van der Waals surface area contributed by atoms with Gasteiger partial charge in [0.05, 0.1) is 12.2 Å². The molecule has 0 saturated heterocycles. The molecule has 0 atom stereocenters. The van der Waals surface area contributed by atoms with Crippen LogP contribution in [-0.2, 0) is 6.54 Å². The van der Waals surface area contributed by atoms with Crippen molar-refractivity contribution in [3.8, 4) is 0 Å². The van der Waals surface area contributed by atoms with Crippen LogP contribution < -0.4 is 4.90 Å². The minimum Gasteiger partial charge on any atom is -0.365 e. The summed E-state index contributed by atoms with van der Waals surface area (Å²) in [4.78, 5) is 11.3. The molecule has 0 radical (unpaired) electrons. The van der Waals surface area contributed by atoms with Crippen LogP contribution in [-0.4, -0.2) is 17.0 Å². The third-order valence-corrected chi connectivity index (χ3v) is 4.06. The lowest BCUT2D eigenvalue weighted by Gasteiger charge is -2.18. The van der Waals surface area contributed by atoms with E-state index in [0.717, 1.165) is 10.2 Å². The number of halogens is 2. The number of hydrogen-bond acceptors (Lipinski definition) is 4. The smallest absolute Gasteiger partial charge is 0.151 e. The van der Waals surface area contributed by atoms with Crippen molar-refractivity contribution in [2.45, 2.75) is 6.54 Å². The summed E-state index contributed by atoms with van der Waals surface area (Å²) in [5.74, 6) is 0.314. The fourth-order valence-corrected chi connectivity index (χ4v) is 3.08. The first-order valence-electron chi connectivity index (χ1n) is 6.00. The molecule has 102 valence electrons. The van der Waals surface area contributed by atoms with Gasteiger partial charge in [-0.2, -0.15) is 0 Å². The number of aromatic nitrogens is 2. The zero-order valence-electron chi connectivity index (χ0n) is 10.7. The highest BCUT2D eigenvalue weighted by Crippen LogP contribution is 2.26. The van der Waals surface area contributed by atoms with Crippen molar-refractivity contribution >= 4 is 38.8 Å². The summed E-state index contributed by atoms with van der Waals surface area (Å²) in [5.41, 5.74) is 0.512. The van der Waals surface area contributed by atoms with Crippen molar-refractivity contribution in [2.75, 3.05) is 11.9 Å². The highest BCUT2D eigenvalue weighted by atomic mass is 35.5. The van der Waals surface area contributed by atoms with Crippen LogP contribution in [0.2, 0.25) is 5.15 Å². The number of rotatable bonds is 3. The summed E-state index contributed by atoms with van der Waals surface area (Å²) >= 11 is 7.64. The molecule has 0 aliphatic heterocycles. The number of benzene rings is 1. The van der Waals surface area contributed by atoms with Crippen molar-refractivity contribution in [1.82, 2.24) is 9.97 Å². The molecular formula is C14H11ClFN3S. The molecule has 0 aliphatic carbocycles. The second-order valence-corrected chi connectivity index (χ2v) is 5.63. The topological polar surface area (TPSA) is 29.0 Å². The Balaban J connectivity index is 1.91. The number of para-hydroxylation sites is 1. The van der Waals surface area contributed by atoms with E-state index in [-0.39, 0.29) is 5.82 Å². The highest BCUT2D eigenvalue weighted by molar-refractivity contribution is 7.16. The standard InChI is InChI=1S/C14H11ClFN3S/c1-19(11-5-3-2-4-10(11)16)8-12-17-13(15)9-6-7-20-14(9)18-12/h2-7H,8H2,1H3. The molecule has 0 saturated carbocycles. The van der Waals surface area contributed by atoms with Crippen LogP contribution in [0.1, 0.15) is 5.82 Å². The lowest BCUT2D eigenvalue weighted by Crippen LogP contribution is -2.19. The Morgan fingerprint density at radius 1 is 1.25 bits per heavy atom. The predicted molar refractivity (Wildman–Crippen MR) is 80.9 cm³/mol. The molecule has 0 amide bonds. The van der Waals surface area contributed by atoms with Gasteiger partial charge in [-0.3, -0.25) is 0 Å². The summed E-state index contributed by atoms with van der Waals surface area (Å²) in [6, 6.07) is 8.51. The number of nitrogens with zero attached hydrogens (tertiary/aromatic N) is 3. The van der Waals surface area contributed by atoms with Gasteiger partial charge >= 0.3 is 0 Å². The van der Waals surface area contributed by atoms with Crippen LogP contribution in [0.5, 0.6) is 0 Å². The van der Waals surface area contributed by atoms with Gasteiger partial charge in [0.2, 0.25) is 0 Å². The number of hydrogen-bond donors (Lipinski definition) is 0. The second-order valence-electron chi connectivity index (χ2n) is 4.38. The van der Waals surface area contributed by atoms with E-state index in [1.165, 1.54) is 17.4 Å². The molecule has 0 unspecified atom stereocenters.